The molecule has 0 bridgehead atoms. The number of guanidine groups is 1. The van der Waals surface area contributed by atoms with Crippen molar-refractivity contribution in [1.29, 1.82) is 0 Å². The number of hydrogen-bond donors (Lipinski definition) is 2. The van der Waals surface area contributed by atoms with Crippen molar-refractivity contribution >= 4 is 35.8 Å². The van der Waals surface area contributed by atoms with E-state index < -0.39 is 0 Å². The third kappa shape index (κ3) is 7.87. The number of nitrogens with zero attached hydrogens (tertiary/aromatic N) is 3. The summed E-state index contributed by atoms with van der Waals surface area (Å²) in [5.74, 6) is 2.82. The van der Waals surface area contributed by atoms with Gasteiger partial charge in [0.1, 0.15) is 11.6 Å². The molecule has 1 aromatic carbocycles. The van der Waals surface area contributed by atoms with E-state index in [1.165, 1.54) is 42.4 Å². The molecule has 31 heavy (non-hydrogen) atoms. The minimum Gasteiger partial charge on any atom is -0.496 e. The lowest BCUT2D eigenvalue weighted by Crippen LogP contribution is -2.38. The standard InChI is InChI=1S/C24H35N5O.HI/c1-19-8-9-22(30-3)21(16-19)11-13-27-24(25-2)28-18-20-10-12-26-23(17-20)29-14-6-4-5-7-15-29;/h8-10,12,16-17H,4-7,11,13-15,18H2,1-3H3,(H2,25,27,28);1H. The number of anilines is 1. The summed E-state index contributed by atoms with van der Waals surface area (Å²) in [6.45, 7) is 5.82. The van der Waals surface area contributed by atoms with Crippen LogP contribution in [0.4, 0.5) is 5.82 Å². The Morgan fingerprint density at radius 1 is 1.10 bits per heavy atom. The maximum atomic E-state index is 5.47. The van der Waals surface area contributed by atoms with Crippen LogP contribution in [0.5, 0.6) is 5.75 Å². The molecule has 170 valence electrons. The van der Waals surface area contributed by atoms with Crippen LogP contribution in [-0.2, 0) is 13.0 Å². The molecule has 1 aliphatic rings. The molecule has 2 N–H and O–H groups in total. The van der Waals surface area contributed by atoms with Crippen LogP contribution in [0, 0.1) is 6.92 Å². The quantitative estimate of drug-likeness (QED) is 0.313. The first-order chi connectivity index (χ1) is 14.7. The maximum Gasteiger partial charge on any atom is 0.191 e. The van der Waals surface area contributed by atoms with Gasteiger partial charge >= 0.3 is 0 Å². The Kier molecular flexibility index (Phi) is 10.9. The van der Waals surface area contributed by atoms with Gasteiger partial charge in [-0.3, -0.25) is 4.99 Å². The van der Waals surface area contributed by atoms with Crippen molar-refractivity contribution in [2.75, 3.05) is 38.7 Å². The number of hydrogen-bond acceptors (Lipinski definition) is 4. The predicted molar refractivity (Wildman–Crippen MR) is 140 cm³/mol. The Morgan fingerprint density at radius 3 is 2.58 bits per heavy atom. The van der Waals surface area contributed by atoms with Crippen molar-refractivity contribution in [2.24, 2.45) is 4.99 Å². The van der Waals surface area contributed by atoms with Crippen molar-refractivity contribution in [2.45, 2.75) is 45.6 Å². The first-order valence-electron chi connectivity index (χ1n) is 11.0. The van der Waals surface area contributed by atoms with Crippen LogP contribution >= 0.6 is 24.0 Å². The van der Waals surface area contributed by atoms with Gasteiger partial charge in [0.15, 0.2) is 5.96 Å². The molecule has 0 saturated carbocycles. The number of aryl methyl sites for hydroxylation is 1. The molecule has 0 amide bonds. The molecule has 7 heteroatoms. The number of methoxy groups -OCH3 is 1. The Morgan fingerprint density at radius 2 is 1.87 bits per heavy atom. The second-order valence-corrected chi connectivity index (χ2v) is 7.84. The highest BCUT2D eigenvalue weighted by atomic mass is 127. The fraction of sp³-hybridized carbons (Fsp3) is 0.500. The lowest BCUT2D eigenvalue weighted by atomic mass is 10.1. The molecule has 1 aliphatic heterocycles. The molecule has 0 radical (unpaired) electrons. The highest BCUT2D eigenvalue weighted by molar-refractivity contribution is 14.0. The van der Waals surface area contributed by atoms with Crippen molar-refractivity contribution in [3.63, 3.8) is 0 Å². The number of aromatic nitrogens is 1. The van der Waals surface area contributed by atoms with Crippen LogP contribution in [0.15, 0.2) is 41.5 Å². The van der Waals surface area contributed by atoms with Crippen LogP contribution in [0.1, 0.15) is 42.4 Å². The third-order valence-electron chi connectivity index (χ3n) is 5.55. The maximum absolute atomic E-state index is 5.47. The molecular weight excluding hydrogens is 501 g/mol. The van der Waals surface area contributed by atoms with Crippen molar-refractivity contribution < 1.29 is 4.74 Å². The molecular formula is C24H36IN5O. The van der Waals surface area contributed by atoms with Gasteiger partial charge in [-0.2, -0.15) is 0 Å². The Balaban J connectivity index is 0.00000341. The first-order valence-corrected chi connectivity index (χ1v) is 11.0. The summed E-state index contributed by atoms with van der Waals surface area (Å²) >= 11 is 0. The molecule has 1 fully saturated rings. The van der Waals surface area contributed by atoms with E-state index in [1.807, 2.05) is 12.3 Å². The topological polar surface area (TPSA) is 61.8 Å². The molecule has 0 spiro atoms. The van der Waals surface area contributed by atoms with Crippen LogP contribution in [0.25, 0.3) is 0 Å². The number of benzene rings is 1. The van der Waals surface area contributed by atoms with Gasteiger partial charge in [0.05, 0.1) is 7.11 Å². The van der Waals surface area contributed by atoms with Crippen molar-refractivity contribution in [3.05, 3.63) is 53.2 Å². The lowest BCUT2D eigenvalue weighted by molar-refractivity contribution is 0.409. The number of halogens is 1. The average molecular weight is 537 g/mol. The zero-order chi connectivity index (χ0) is 21.2. The van der Waals surface area contributed by atoms with E-state index in [0.29, 0.717) is 0 Å². The van der Waals surface area contributed by atoms with Crippen LogP contribution in [0.3, 0.4) is 0 Å². The highest BCUT2D eigenvalue weighted by Crippen LogP contribution is 2.20. The SMILES string of the molecule is CN=C(NCCc1cc(C)ccc1OC)NCc1ccnc(N2CCCCCC2)c1.I. The minimum absolute atomic E-state index is 0. The van der Waals surface area contributed by atoms with E-state index in [9.17, 15) is 0 Å². The van der Waals surface area contributed by atoms with Gasteiger partial charge in [0.2, 0.25) is 0 Å². The average Bonchev–Trinajstić information content (AvgIpc) is 3.06. The molecule has 1 saturated heterocycles. The van der Waals surface area contributed by atoms with Crippen LogP contribution in [-0.4, -0.2) is 44.7 Å². The van der Waals surface area contributed by atoms with Crippen LogP contribution < -0.4 is 20.3 Å². The number of aliphatic imine (C=N–C) groups is 1. The second-order valence-electron chi connectivity index (χ2n) is 7.84. The Bertz CT molecular complexity index is 834. The summed E-state index contributed by atoms with van der Waals surface area (Å²) in [6.07, 6.45) is 7.96. The summed E-state index contributed by atoms with van der Waals surface area (Å²) < 4.78 is 5.47. The lowest BCUT2D eigenvalue weighted by Gasteiger charge is -2.22. The highest BCUT2D eigenvalue weighted by Gasteiger charge is 2.11. The molecule has 2 heterocycles. The summed E-state index contributed by atoms with van der Waals surface area (Å²) in [6, 6.07) is 10.5. The molecule has 0 aliphatic carbocycles. The van der Waals surface area contributed by atoms with Gasteiger partial charge in [-0.25, -0.2) is 4.98 Å². The predicted octanol–water partition coefficient (Wildman–Crippen LogP) is 4.30. The van der Waals surface area contributed by atoms with Gasteiger partial charge in [0.25, 0.3) is 0 Å². The molecule has 1 aromatic heterocycles. The Hall–Kier alpha value is -2.03. The zero-order valence-corrected chi connectivity index (χ0v) is 21.3. The number of nitrogens with one attached hydrogen (secondary N) is 2. The molecule has 0 atom stereocenters. The summed E-state index contributed by atoms with van der Waals surface area (Å²) in [4.78, 5) is 11.4. The molecule has 0 unspecified atom stereocenters. The third-order valence-corrected chi connectivity index (χ3v) is 5.55. The fourth-order valence-corrected chi connectivity index (χ4v) is 3.87. The van der Waals surface area contributed by atoms with Gasteiger partial charge in [0, 0.05) is 39.4 Å². The first kappa shape index (κ1) is 25.2. The minimum atomic E-state index is 0. The van der Waals surface area contributed by atoms with Crippen LogP contribution in [0.2, 0.25) is 0 Å². The zero-order valence-electron chi connectivity index (χ0n) is 19.0. The summed E-state index contributed by atoms with van der Waals surface area (Å²) in [5.41, 5.74) is 3.66. The monoisotopic (exact) mass is 537 g/mol. The second kappa shape index (κ2) is 13.4. The summed E-state index contributed by atoms with van der Waals surface area (Å²) in [7, 11) is 3.52. The Labute approximate surface area is 203 Å². The van der Waals surface area contributed by atoms with E-state index >= 15 is 0 Å². The van der Waals surface area contributed by atoms with E-state index in [-0.39, 0.29) is 24.0 Å². The normalized spacial score (nSPS) is 14.4. The number of pyridine rings is 1. The fourth-order valence-electron chi connectivity index (χ4n) is 3.87. The van der Waals surface area contributed by atoms with Gasteiger partial charge in [-0.05, 0) is 55.5 Å². The van der Waals surface area contributed by atoms with Gasteiger partial charge in [-0.1, -0.05) is 30.5 Å². The molecule has 6 nitrogen and oxygen atoms in total. The largest absolute Gasteiger partial charge is 0.496 e. The van der Waals surface area contributed by atoms with Crippen molar-refractivity contribution in [1.82, 2.24) is 15.6 Å². The van der Waals surface area contributed by atoms with E-state index in [2.05, 4.69) is 56.7 Å². The van der Waals surface area contributed by atoms with Gasteiger partial charge < -0.3 is 20.3 Å². The van der Waals surface area contributed by atoms with Crippen molar-refractivity contribution in [3.8, 4) is 5.75 Å². The smallest absolute Gasteiger partial charge is 0.191 e. The van der Waals surface area contributed by atoms with E-state index in [4.69, 9.17) is 4.74 Å². The van der Waals surface area contributed by atoms with Gasteiger partial charge in [-0.15, -0.1) is 24.0 Å². The number of ether oxygens (including phenoxy) is 1. The van der Waals surface area contributed by atoms with E-state index in [1.54, 1.807) is 14.2 Å². The van der Waals surface area contributed by atoms with E-state index in [0.717, 1.165) is 50.1 Å². The molecule has 2 aromatic rings. The molecule has 3 rings (SSSR count). The summed E-state index contributed by atoms with van der Waals surface area (Å²) in [5, 5.41) is 6.82. The number of rotatable bonds is 7.